The number of para-hydroxylation sites is 2. The van der Waals surface area contributed by atoms with Gasteiger partial charge in [-0.25, -0.2) is 13.6 Å². The van der Waals surface area contributed by atoms with Gasteiger partial charge in [-0.15, -0.1) is 0 Å². The van der Waals surface area contributed by atoms with Crippen LogP contribution in [0, 0.1) is 11.6 Å². The fourth-order valence-corrected chi connectivity index (χ4v) is 2.06. The molecule has 0 atom stereocenters. The van der Waals surface area contributed by atoms with Crippen LogP contribution in [0.15, 0.2) is 42.5 Å². The summed E-state index contributed by atoms with van der Waals surface area (Å²) in [5, 5.41) is 5.12. The molecule has 0 aliphatic rings. The lowest BCUT2D eigenvalue weighted by Gasteiger charge is -2.11. The maximum atomic E-state index is 13.4. The molecule has 0 bridgehead atoms. The topological polar surface area (TPSA) is 67.4 Å². The molecule has 5 nitrogen and oxygen atoms in total. The van der Waals surface area contributed by atoms with E-state index in [1.54, 1.807) is 18.2 Å². The van der Waals surface area contributed by atoms with E-state index < -0.39 is 23.5 Å². The molecule has 7 heteroatoms. The van der Waals surface area contributed by atoms with Gasteiger partial charge in [-0.2, -0.15) is 0 Å². The van der Waals surface area contributed by atoms with Crippen LogP contribution in [-0.4, -0.2) is 25.5 Å². The molecule has 0 spiro atoms. The van der Waals surface area contributed by atoms with E-state index in [2.05, 4.69) is 15.4 Å². The average molecular weight is 334 g/mol. The van der Waals surface area contributed by atoms with Gasteiger partial charge in [-0.1, -0.05) is 18.2 Å². The van der Waals surface area contributed by atoms with E-state index in [-0.39, 0.29) is 24.2 Å². The highest BCUT2D eigenvalue weighted by molar-refractivity contribution is 6.01. The summed E-state index contributed by atoms with van der Waals surface area (Å²) in [6, 6.07) is 9.89. The maximum Gasteiger partial charge on any atom is 0.339 e. The number of carbonyl (C=O) groups excluding carboxylic acids is 2. The Bertz CT molecular complexity index is 730. The molecule has 126 valence electrons. The van der Waals surface area contributed by atoms with Gasteiger partial charge in [0.05, 0.1) is 18.4 Å². The smallest absolute Gasteiger partial charge is 0.339 e. The summed E-state index contributed by atoms with van der Waals surface area (Å²) >= 11 is 0. The summed E-state index contributed by atoms with van der Waals surface area (Å²) < 4.78 is 31.5. The van der Waals surface area contributed by atoms with Gasteiger partial charge in [0.25, 0.3) is 0 Å². The molecule has 2 N–H and O–H groups in total. The van der Waals surface area contributed by atoms with Gasteiger partial charge in [-0.05, 0) is 24.3 Å². The number of esters is 1. The van der Waals surface area contributed by atoms with E-state index in [0.29, 0.717) is 5.69 Å². The second-order valence-electron chi connectivity index (χ2n) is 4.86. The Labute approximate surface area is 137 Å². The minimum atomic E-state index is -0.730. The Morgan fingerprint density at radius 3 is 2.38 bits per heavy atom. The third-order valence-electron chi connectivity index (χ3n) is 3.22. The predicted molar refractivity (Wildman–Crippen MR) is 85.9 cm³/mol. The number of carbonyl (C=O) groups is 2. The first kappa shape index (κ1) is 17.4. The van der Waals surface area contributed by atoms with Gasteiger partial charge >= 0.3 is 5.97 Å². The van der Waals surface area contributed by atoms with Gasteiger partial charge in [0.1, 0.15) is 17.3 Å². The monoisotopic (exact) mass is 334 g/mol. The average Bonchev–Trinajstić information content (AvgIpc) is 2.57. The molecule has 0 aliphatic carbocycles. The molecule has 2 rings (SSSR count). The number of methoxy groups -OCH3 is 1. The SMILES string of the molecule is COC(=O)c1ccccc1NC(=O)CCNc1c(F)cccc1F. The Hall–Kier alpha value is -2.96. The largest absolute Gasteiger partial charge is 0.465 e. The Morgan fingerprint density at radius 1 is 1.04 bits per heavy atom. The highest BCUT2D eigenvalue weighted by Crippen LogP contribution is 2.18. The van der Waals surface area contributed by atoms with E-state index in [1.165, 1.54) is 19.2 Å². The van der Waals surface area contributed by atoms with Crippen molar-refractivity contribution in [1.82, 2.24) is 0 Å². The summed E-state index contributed by atoms with van der Waals surface area (Å²) in [4.78, 5) is 23.6. The van der Waals surface area contributed by atoms with Gasteiger partial charge < -0.3 is 15.4 Å². The molecule has 0 saturated heterocycles. The molecule has 0 fully saturated rings. The maximum absolute atomic E-state index is 13.4. The van der Waals surface area contributed by atoms with Crippen LogP contribution in [0.4, 0.5) is 20.2 Å². The predicted octanol–water partition coefficient (Wildman–Crippen LogP) is 3.19. The number of ether oxygens (including phenoxy) is 1. The highest BCUT2D eigenvalue weighted by Gasteiger charge is 2.13. The summed E-state index contributed by atoms with van der Waals surface area (Å²) in [5.74, 6) is -2.44. The summed E-state index contributed by atoms with van der Waals surface area (Å²) in [5.41, 5.74) is 0.258. The lowest BCUT2D eigenvalue weighted by Crippen LogP contribution is -2.18. The zero-order valence-corrected chi connectivity index (χ0v) is 12.9. The number of anilines is 2. The minimum absolute atomic E-state index is 0.0318. The number of nitrogens with one attached hydrogen (secondary N) is 2. The van der Waals surface area contributed by atoms with Crippen LogP contribution in [-0.2, 0) is 9.53 Å². The van der Waals surface area contributed by atoms with Crippen molar-refractivity contribution in [2.75, 3.05) is 24.3 Å². The van der Waals surface area contributed by atoms with Crippen LogP contribution in [0.5, 0.6) is 0 Å². The fraction of sp³-hybridized carbons (Fsp3) is 0.176. The number of amides is 1. The normalized spacial score (nSPS) is 10.1. The molecule has 0 heterocycles. The molecular formula is C17H16F2N2O3. The minimum Gasteiger partial charge on any atom is -0.465 e. The number of hydrogen-bond acceptors (Lipinski definition) is 4. The van der Waals surface area contributed by atoms with Crippen molar-refractivity contribution in [3.05, 3.63) is 59.7 Å². The standard InChI is InChI=1S/C17H16F2N2O3/c1-24-17(23)11-5-2-3-8-14(11)21-15(22)9-10-20-16-12(18)6-4-7-13(16)19/h2-8,20H,9-10H2,1H3,(H,21,22). The van der Waals surface area contributed by atoms with Gasteiger partial charge in [0.15, 0.2) is 0 Å². The molecule has 2 aromatic carbocycles. The number of halogens is 2. The fourth-order valence-electron chi connectivity index (χ4n) is 2.06. The van der Waals surface area contributed by atoms with Crippen molar-refractivity contribution in [3.63, 3.8) is 0 Å². The summed E-state index contributed by atoms with van der Waals surface area (Å²) in [7, 11) is 1.24. The first-order chi connectivity index (χ1) is 11.5. The van der Waals surface area contributed by atoms with E-state index in [9.17, 15) is 18.4 Å². The third-order valence-corrected chi connectivity index (χ3v) is 3.22. The van der Waals surface area contributed by atoms with Crippen LogP contribution in [0.3, 0.4) is 0 Å². The second kappa shape index (κ2) is 8.05. The van der Waals surface area contributed by atoms with Gasteiger partial charge in [0.2, 0.25) is 5.91 Å². The van der Waals surface area contributed by atoms with Crippen molar-refractivity contribution in [2.45, 2.75) is 6.42 Å². The lowest BCUT2D eigenvalue weighted by molar-refractivity contribution is -0.115. The highest BCUT2D eigenvalue weighted by atomic mass is 19.1. The molecule has 2 aromatic rings. The first-order valence-corrected chi connectivity index (χ1v) is 7.18. The molecule has 1 amide bonds. The van der Waals surface area contributed by atoms with Crippen molar-refractivity contribution >= 4 is 23.3 Å². The Kier molecular flexibility index (Phi) is 5.83. The Morgan fingerprint density at radius 2 is 1.71 bits per heavy atom. The number of rotatable bonds is 6. The molecule has 0 saturated carbocycles. The van der Waals surface area contributed by atoms with E-state index >= 15 is 0 Å². The van der Waals surface area contributed by atoms with Gasteiger partial charge in [-0.3, -0.25) is 4.79 Å². The summed E-state index contributed by atoms with van der Waals surface area (Å²) in [6.07, 6.45) is -0.0384. The van der Waals surface area contributed by atoms with Crippen molar-refractivity contribution in [2.24, 2.45) is 0 Å². The van der Waals surface area contributed by atoms with E-state index in [0.717, 1.165) is 12.1 Å². The molecule has 0 aromatic heterocycles. The first-order valence-electron chi connectivity index (χ1n) is 7.18. The number of benzene rings is 2. The van der Waals surface area contributed by atoms with Crippen molar-refractivity contribution < 1.29 is 23.1 Å². The molecule has 0 radical (unpaired) electrons. The van der Waals surface area contributed by atoms with Crippen molar-refractivity contribution in [3.8, 4) is 0 Å². The molecule has 0 unspecified atom stereocenters. The zero-order valence-electron chi connectivity index (χ0n) is 12.9. The second-order valence-corrected chi connectivity index (χ2v) is 4.86. The van der Waals surface area contributed by atoms with Crippen molar-refractivity contribution in [1.29, 1.82) is 0 Å². The molecule has 24 heavy (non-hydrogen) atoms. The van der Waals surface area contributed by atoms with Crippen LogP contribution in [0.25, 0.3) is 0 Å². The third kappa shape index (κ3) is 4.28. The van der Waals surface area contributed by atoms with Crippen LogP contribution in [0.1, 0.15) is 16.8 Å². The quantitative estimate of drug-likeness (QED) is 0.796. The number of hydrogen-bond donors (Lipinski definition) is 2. The van der Waals surface area contributed by atoms with Crippen LogP contribution in [0.2, 0.25) is 0 Å². The van der Waals surface area contributed by atoms with E-state index in [1.807, 2.05) is 0 Å². The van der Waals surface area contributed by atoms with Gasteiger partial charge in [0, 0.05) is 13.0 Å². The lowest BCUT2D eigenvalue weighted by atomic mass is 10.1. The zero-order chi connectivity index (χ0) is 17.5. The summed E-state index contributed by atoms with van der Waals surface area (Å²) in [6.45, 7) is 0.0318. The molecule has 0 aliphatic heterocycles. The van der Waals surface area contributed by atoms with Crippen LogP contribution >= 0.6 is 0 Å². The van der Waals surface area contributed by atoms with E-state index in [4.69, 9.17) is 0 Å². The van der Waals surface area contributed by atoms with Crippen LogP contribution < -0.4 is 10.6 Å². The Balaban J connectivity index is 1.94. The molecular weight excluding hydrogens is 318 g/mol.